The average Bonchev–Trinajstić information content (AvgIpc) is 2.78. The minimum atomic E-state index is -0.745. The van der Waals surface area contributed by atoms with Crippen molar-refractivity contribution in [2.75, 3.05) is 39.7 Å². The summed E-state index contributed by atoms with van der Waals surface area (Å²) in [6.07, 6.45) is 0.0935. The van der Waals surface area contributed by atoms with Gasteiger partial charge in [-0.1, -0.05) is 30.3 Å². The normalized spacial score (nSPS) is 10.9. The van der Waals surface area contributed by atoms with Crippen LogP contribution in [0, 0.1) is 6.92 Å². The molecule has 3 aromatic rings. The number of ether oxygens (including phenoxy) is 3. The summed E-state index contributed by atoms with van der Waals surface area (Å²) in [5.74, 6) is 1.05. The molecule has 0 fully saturated rings. The zero-order chi connectivity index (χ0) is 23.1. The first-order valence-corrected chi connectivity index (χ1v) is 10.3. The van der Waals surface area contributed by atoms with E-state index in [0.29, 0.717) is 34.6 Å². The van der Waals surface area contributed by atoms with Gasteiger partial charge >= 0.3 is 11.7 Å². The molecule has 0 aliphatic heterocycles. The van der Waals surface area contributed by atoms with Crippen LogP contribution in [0.1, 0.15) is 17.5 Å². The van der Waals surface area contributed by atoms with Crippen molar-refractivity contribution in [3.63, 3.8) is 0 Å². The van der Waals surface area contributed by atoms with Crippen molar-refractivity contribution in [1.82, 2.24) is 4.90 Å². The van der Waals surface area contributed by atoms with E-state index in [1.165, 1.54) is 6.07 Å². The fraction of sp³-hybridized carbons (Fsp3) is 0.333. The molecule has 8 nitrogen and oxygen atoms in total. The van der Waals surface area contributed by atoms with Gasteiger partial charge in [-0.2, -0.15) is 0 Å². The smallest absolute Gasteiger partial charge is 0.412 e. The number of nitrogens with zero attached hydrogens (tertiary/aromatic N) is 1. The number of carbonyl (C=O) groups is 1. The number of amides is 1. The zero-order valence-corrected chi connectivity index (χ0v) is 18.8. The summed E-state index contributed by atoms with van der Waals surface area (Å²) < 4.78 is 22.1. The first kappa shape index (κ1) is 23.1. The molecule has 0 aliphatic carbocycles. The quantitative estimate of drug-likeness (QED) is 0.394. The Morgan fingerprint density at radius 1 is 1.16 bits per heavy atom. The predicted molar refractivity (Wildman–Crippen MR) is 123 cm³/mol. The molecule has 3 rings (SSSR count). The molecule has 0 radical (unpaired) electrons. The van der Waals surface area contributed by atoms with E-state index in [9.17, 15) is 9.59 Å². The van der Waals surface area contributed by atoms with Gasteiger partial charge in [0.2, 0.25) is 0 Å². The number of anilines is 1. The minimum Gasteiger partial charge on any atom is -0.493 e. The molecule has 0 saturated carbocycles. The zero-order valence-electron chi connectivity index (χ0n) is 18.8. The van der Waals surface area contributed by atoms with E-state index in [4.69, 9.17) is 18.6 Å². The topological polar surface area (TPSA) is 90.2 Å². The minimum absolute atomic E-state index is 0.0170. The van der Waals surface area contributed by atoms with Crippen molar-refractivity contribution in [2.24, 2.45) is 0 Å². The van der Waals surface area contributed by atoms with Crippen LogP contribution in [0.5, 0.6) is 11.5 Å². The highest BCUT2D eigenvalue weighted by Crippen LogP contribution is 2.37. The average molecular weight is 440 g/mol. The molecule has 8 heteroatoms. The van der Waals surface area contributed by atoms with Crippen LogP contribution in [0.15, 0.2) is 51.7 Å². The number of benzene rings is 2. The number of aryl methyl sites for hydroxylation is 1. The molecule has 0 bridgehead atoms. The molecule has 1 heterocycles. The van der Waals surface area contributed by atoms with Crippen molar-refractivity contribution < 1.29 is 23.4 Å². The SMILES string of the molecule is COc1cc2cc(NC(=O)OCc3ccccc3)c(=O)oc2c(C)c1OCCCN(C)C. The Balaban J connectivity index is 1.78. The van der Waals surface area contributed by atoms with Crippen LogP contribution >= 0.6 is 0 Å². The summed E-state index contributed by atoms with van der Waals surface area (Å²) in [5.41, 5.74) is 1.17. The van der Waals surface area contributed by atoms with Gasteiger partial charge in [0.15, 0.2) is 11.5 Å². The summed E-state index contributed by atoms with van der Waals surface area (Å²) in [6.45, 7) is 3.28. The number of fused-ring (bicyclic) bond motifs is 1. The first-order chi connectivity index (χ1) is 15.4. The van der Waals surface area contributed by atoms with Crippen LogP contribution in [-0.2, 0) is 11.3 Å². The Morgan fingerprint density at radius 3 is 2.59 bits per heavy atom. The number of nitrogens with one attached hydrogen (secondary N) is 1. The number of hydrogen-bond donors (Lipinski definition) is 1. The van der Waals surface area contributed by atoms with Crippen LogP contribution < -0.4 is 20.4 Å². The van der Waals surface area contributed by atoms with Crippen LogP contribution in [0.2, 0.25) is 0 Å². The van der Waals surface area contributed by atoms with E-state index in [-0.39, 0.29) is 12.3 Å². The Bertz CT molecular complexity index is 1120. The van der Waals surface area contributed by atoms with Gasteiger partial charge in [-0.15, -0.1) is 0 Å². The highest BCUT2D eigenvalue weighted by Gasteiger charge is 2.18. The van der Waals surface area contributed by atoms with Crippen molar-refractivity contribution in [2.45, 2.75) is 20.0 Å². The molecular formula is C24H28N2O6. The standard InChI is InChI=1S/C24H28N2O6/c1-16-21-18(14-20(29-4)22(16)30-12-8-11-26(2)3)13-19(23(27)32-21)25-24(28)31-15-17-9-6-5-7-10-17/h5-7,9-10,13-14H,8,11-12,15H2,1-4H3,(H,25,28). The van der Waals surface area contributed by atoms with Crippen molar-refractivity contribution in [3.8, 4) is 11.5 Å². The Kier molecular flexibility index (Phi) is 7.72. The molecule has 1 aromatic heterocycles. The fourth-order valence-electron chi connectivity index (χ4n) is 3.22. The molecule has 2 aromatic carbocycles. The maximum absolute atomic E-state index is 12.5. The highest BCUT2D eigenvalue weighted by molar-refractivity contribution is 5.90. The van der Waals surface area contributed by atoms with Crippen molar-refractivity contribution in [1.29, 1.82) is 0 Å². The second-order valence-corrected chi connectivity index (χ2v) is 7.59. The Labute approximate surface area is 186 Å². The van der Waals surface area contributed by atoms with Crippen LogP contribution in [0.25, 0.3) is 11.0 Å². The van der Waals surface area contributed by atoms with Crippen LogP contribution in [0.3, 0.4) is 0 Å². The largest absolute Gasteiger partial charge is 0.493 e. The molecule has 0 saturated heterocycles. The Hall–Kier alpha value is -3.52. The summed E-state index contributed by atoms with van der Waals surface area (Å²) in [4.78, 5) is 26.7. The molecule has 0 atom stereocenters. The molecule has 170 valence electrons. The number of rotatable bonds is 9. The number of carbonyl (C=O) groups excluding carboxylic acids is 1. The van der Waals surface area contributed by atoms with Crippen molar-refractivity contribution in [3.05, 3.63) is 64.0 Å². The number of hydrogen-bond acceptors (Lipinski definition) is 7. The molecule has 1 N–H and O–H groups in total. The lowest BCUT2D eigenvalue weighted by atomic mass is 10.1. The third-order valence-corrected chi connectivity index (χ3v) is 4.83. The summed E-state index contributed by atoms with van der Waals surface area (Å²) in [6, 6.07) is 12.5. The maximum Gasteiger partial charge on any atom is 0.412 e. The first-order valence-electron chi connectivity index (χ1n) is 10.3. The van der Waals surface area contributed by atoms with Crippen LogP contribution in [-0.4, -0.2) is 45.3 Å². The van der Waals surface area contributed by atoms with Gasteiger partial charge in [0, 0.05) is 17.5 Å². The van der Waals surface area contributed by atoms with Gasteiger partial charge in [-0.25, -0.2) is 9.59 Å². The summed E-state index contributed by atoms with van der Waals surface area (Å²) in [5, 5.41) is 3.05. The second-order valence-electron chi connectivity index (χ2n) is 7.59. The molecule has 1 amide bonds. The molecule has 32 heavy (non-hydrogen) atoms. The van der Waals surface area contributed by atoms with E-state index in [1.807, 2.05) is 44.4 Å². The second kappa shape index (κ2) is 10.7. The van der Waals surface area contributed by atoms with E-state index in [2.05, 4.69) is 10.2 Å². The van der Waals surface area contributed by atoms with E-state index in [1.54, 1.807) is 20.1 Å². The van der Waals surface area contributed by atoms with Gasteiger partial charge in [0.25, 0.3) is 0 Å². The third-order valence-electron chi connectivity index (χ3n) is 4.83. The van der Waals surface area contributed by atoms with Gasteiger partial charge in [-0.3, -0.25) is 5.32 Å². The maximum atomic E-state index is 12.5. The van der Waals surface area contributed by atoms with E-state index >= 15 is 0 Å². The molecule has 0 spiro atoms. The summed E-state index contributed by atoms with van der Waals surface area (Å²) in [7, 11) is 5.55. The summed E-state index contributed by atoms with van der Waals surface area (Å²) >= 11 is 0. The lowest BCUT2D eigenvalue weighted by molar-refractivity contribution is 0.155. The lowest BCUT2D eigenvalue weighted by Gasteiger charge is -2.16. The monoisotopic (exact) mass is 440 g/mol. The van der Waals surface area contributed by atoms with E-state index in [0.717, 1.165) is 18.5 Å². The van der Waals surface area contributed by atoms with Crippen molar-refractivity contribution >= 4 is 22.7 Å². The van der Waals surface area contributed by atoms with Gasteiger partial charge in [-0.05, 0) is 45.1 Å². The van der Waals surface area contributed by atoms with E-state index < -0.39 is 11.7 Å². The van der Waals surface area contributed by atoms with Crippen LogP contribution in [0.4, 0.5) is 10.5 Å². The number of methoxy groups -OCH3 is 1. The highest BCUT2D eigenvalue weighted by atomic mass is 16.5. The predicted octanol–water partition coefficient (Wildman–Crippen LogP) is 4.19. The Morgan fingerprint density at radius 2 is 1.91 bits per heavy atom. The molecule has 0 unspecified atom stereocenters. The van der Waals surface area contributed by atoms with Gasteiger partial charge < -0.3 is 23.5 Å². The fourth-order valence-corrected chi connectivity index (χ4v) is 3.22. The van der Waals surface area contributed by atoms with Gasteiger partial charge in [0.05, 0.1) is 13.7 Å². The molecular weight excluding hydrogens is 412 g/mol. The lowest BCUT2D eigenvalue weighted by Crippen LogP contribution is -2.19. The van der Waals surface area contributed by atoms with Gasteiger partial charge in [0.1, 0.15) is 17.9 Å². The third kappa shape index (κ3) is 5.79. The molecule has 0 aliphatic rings.